The van der Waals surface area contributed by atoms with E-state index < -0.39 is 10.0 Å². The van der Waals surface area contributed by atoms with E-state index in [9.17, 15) is 13.2 Å². The lowest BCUT2D eigenvalue weighted by molar-refractivity contribution is -0.116. The average molecular weight is 284 g/mol. The lowest BCUT2D eigenvalue weighted by Crippen LogP contribution is -2.55. The van der Waals surface area contributed by atoms with Gasteiger partial charge in [0, 0.05) is 18.7 Å². The Morgan fingerprint density at radius 2 is 1.84 bits per heavy atom. The number of likely N-dealkylation sites (tertiary alicyclic amines) is 1. The van der Waals surface area contributed by atoms with Gasteiger partial charge in [-0.1, -0.05) is 6.42 Å². The number of allylic oxidation sites excluding steroid dienone is 1. The Hall–Kier alpha value is -0.880. The first kappa shape index (κ1) is 13.1. The summed E-state index contributed by atoms with van der Waals surface area (Å²) >= 11 is 0. The van der Waals surface area contributed by atoms with Gasteiger partial charge >= 0.3 is 0 Å². The summed E-state index contributed by atoms with van der Waals surface area (Å²) in [5.74, 6) is 0.234. The predicted molar refractivity (Wildman–Crippen MR) is 72.0 cm³/mol. The van der Waals surface area contributed by atoms with Crippen LogP contribution in [0.2, 0.25) is 0 Å². The van der Waals surface area contributed by atoms with E-state index in [2.05, 4.69) is 4.90 Å². The van der Waals surface area contributed by atoms with E-state index in [0.29, 0.717) is 6.42 Å². The minimum Gasteiger partial charge on any atom is -0.299 e. The quantitative estimate of drug-likeness (QED) is 0.712. The van der Waals surface area contributed by atoms with Crippen molar-refractivity contribution in [2.24, 2.45) is 0 Å². The maximum Gasteiger partial charge on any atom is 0.236 e. The van der Waals surface area contributed by atoms with Gasteiger partial charge in [0.1, 0.15) is 0 Å². The Balaban J connectivity index is 1.80. The summed E-state index contributed by atoms with van der Waals surface area (Å²) in [6.45, 7) is 1.99. The number of carbonyl (C=O) groups is 1. The van der Waals surface area contributed by atoms with Gasteiger partial charge in [-0.25, -0.2) is 8.42 Å². The van der Waals surface area contributed by atoms with Crippen molar-refractivity contribution >= 4 is 15.8 Å². The second-order valence-corrected chi connectivity index (χ2v) is 7.65. The molecule has 0 radical (unpaired) electrons. The Morgan fingerprint density at radius 1 is 1.11 bits per heavy atom. The number of rotatable bonds is 1. The summed E-state index contributed by atoms with van der Waals surface area (Å²) in [5.41, 5.74) is 0. The van der Waals surface area contributed by atoms with Gasteiger partial charge in [0.2, 0.25) is 10.0 Å². The highest BCUT2D eigenvalue weighted by atomic mass is 32.2. The van der Waals surface area contributed by atoms with Crippen LogP contribution in [0.4, 0.5) is 0 Å². The van der Waals surface area contributed by atoms with E-state index in [1.54, 1.807) is 0 Å². The maximum absolute atomic E-state index is 12.3. The second kappa shape index (κ2) is 4.90. The molecular weight excluding hydrogens is 264 g/mol. The molecule has 0 saturated carbocycles. The molecule has 0 N–H and O–H groups in total. The molecule has 0 bridgehead atoms. The number of piperidine rings is 1. The molecule has 2 atom stereocenters. The SMILES string of the molecule is O=C1C=CN2C(C1)CC(N1CCCCC1)CS2(=O)=O. The number of ketones is 1. The molecule has 0 aromatic carbocycles. The van der Waals surface area contributed by atoms with Crippen molar-refractivity contribution in [1.29, 1.82) is 0 Å². The maximum atomic E-state index is 12.3. The molecule has 0 amide bonds. The van der Waals surface area contributed by atoms with Crippen LogP contribution in [-0.4, -0.2) is 54.3 Å². The first-order valence-corrected chi connectivity index (χ1v) is 8.63. The third kappa shape index (κ3) is 2.56. The molecule has 5 nitrogen and oxygen atoms in total. The van der Waals surface area contributed by atoms with Crippen LogP contribution in [0.25, 0.3) is 0 Å². The largest absolute Gasteiger partial charge is 0.299 e. The molecule has 3 aliphatic heterocycles. The van der Waals surface area contributed by atoms with Crippen LogP contribution in [0, 0.1) is 0 Å². The molecule has 3 aliphatic rings. The van der Waals surface area contributed by atoms with E-state index >= 15 is 0 Å². The summed E-state index contributed by atoms with van der Waals surface area (Å²) in [5, 5.41) is 0. The van der Waals surface area contributed by atoms with Crippen molar-refractivity contribution in [2.45, 2.75) is 44.2 Å². The number of hydrogen-bond donors (Lipinski definition) is 0. The van der Waals surface area contributed by atoms with Crippen molar-refractivity contribution in [3.63, 3.8) is 0 Å². The molecular formula is C13H20N2O3S. The van der Waals surface area contributed by atoms with Gasteiger partial charge < -0.3 is 0 Å². The first-order valence-electron chi connectivity index (χ1n) is 7.02. The van der Waals surface area contributed by atoms with E-state index in [4.69, 9.17) is 0 Å². The third-order valence-electron chi connectivity index (χ3n) is 4.38. The molecule has 2 saturated heterocycles. The van der Waals surface area contributed by atoms with Crippen LogP contribution in [0.3, 0.4) is 0 Å². The van der Waals surface area contributed by atoms with Crippen LogP contribution in [-0.2, 0) is 14.8 Å². The zero-order valence-electron chi connectivity index (χ0n) is 11.0. The molecule has 2 unspecified atom stereocenters. The van der Waals surface area contributed by atoms with E-state index in [1.807, 2.05) is 0 Å². The Kier molecular flexibility index (Phi) is 3.39. The fraction of sp³-hybridized carbons (Fsp3) is 0.769. The number of carbonyl (C=O) groups excluding carboxylic acids is 1. The van der Waals surface area contributed by atoms with E-state index in [-0.39, 0.29) is 23.6 Å². The van der Waals surface area contributed by atoms with Crippen LogP contribution >= 0.6 is 0 Å². The highest BCUT2D eigenvalue weighted by Gasteiger charge is 2.41. The van der Waals surface area contributed by atoms with Gasteiger partial charge in [0.25, 0.3) is 0 Å². The van der Waals surface area contributed by atoms with Crippen molar-refractivity contribution in [3.8, 4) is 0 Å². The van der Waals surface area contributed by atoms with Crippen molar-refractivity contribution < 1.29 is 13.2 Å². The smallest absolute Gasteiger partial charge is 0.236 e. The van der Waals surface area contributed by atoms with Crippen LogP contribution < -0.4 is 0 Å². The van der Waals surface area contributed by atoms with Gasteiger partial charge in [-0.2, -0.15) is 0 Å². The minimum absolute atomic E-state index is 0.0377. The van der Waals surface area contributed by atoms with Gasteiger partial charge in [-0.3, -0.25) is 14.0 Å². The third-order valence-corrected chi connectivity index (χ3v) is 6.25. The number of hydrogen-bond acceptors (Lipinski definition) is 4. The van der Waals surface area contributed by atoms with Crippen LogP contribution in [0.1, 0.15) is 32.1 Å². The molecule has 0 spiro atoms. The lowest BCUT2D eigenvalue weighted by Gasteiger charge is -2.44. The van der Waals surface area contributed by atoms with Crippen molar-refractivity contribution in [3.05, 3.63) is 12.3 Å². The Labute approximate surface area is 114 Å². The topological polar surface area (TPSA) is 57.7 Å². The fourth-order valence-corrected chi connectivity index (χ4v) is 5.29. The molecule has 0 aliphatic carbocycles. The summed E-state index contributed by atoms with van der Waals surface area (Å²) in [6.07, 6.45) is 7.52. The summed E-state index contributed by atoms with van der Waals surface area (Å²) in [4.78, 5) is 13.8. The number of sulfonamides is 1. The van der Waals surface area contributed by atoms with Gasteiger partial charge in [-0.15, -0.1) is 0 Å². The highest BCUT2D eigenvalue weighted by molar-refractivity contribution is 7.89. The van der Waals surface area contributed by atoms with E-state index in [1.165, 1.54) is 23.0 Å². The standard InChI is InChI=1S/C13H20N2O3S/c16-13-4-7-15-11(9-13)8-12(10-19(15,17)18)14-5-2-1-3-6-14/h4,7,11-12H,1-3,5-6,8-10H2. The Bertz CT molecular complexity index is 494. The lowest BCUT2D eigenvalue weighted by atomic mass is 9.98. The van der Waals surface area contributed by atoms with Crippen molar-refractivity contribution in [2.75, 3.05) is 18.8 Å². The molecule has 3 heterocycles. The molecule has 19 heavy (non-hydrogen) atoms. The normalized spacial score (nSPS) is 35.2. The fourth-order valence-electron chi connectivity index (χ4n) is 3.42. The molecule has 3 rings (SSSR count). The van der Waals surface area contributed by atoms with Crippen LogP contribution in [0.15, 0.2) is 12.3 Å². The molecule has 0 aromatic heterocycles. The highest BCUT2D eigenvalue weighted by Crippen LogP contribution is 2.30. The van der Waals surface area contributed by atoms with Crippen LogP contribution in [0.5, 0.6) is 0 Å². The van der Waals surface area contributed by atoms with Gasteiger partial charge in [-0.05, 0) is 38.4 Å². The molecule has 6 heteroatoms. The van der Waals surface area contributed by atoms with Crippen molar-refractivity contribution in [1.82, 2.24) is 9.21 Å². The number of nitrogens with zero attached hydrogens (tertiary/aromatic N) is 2. The summed E-state index contributed by atoms with van der Waals surface area (Å²) < 4.78 is 26.0. The van der Waals surface area contributed by atoms with Gasteiger partial charge in [0.05, 0.1) is 11.8 Å². The molecule has 2 fully saturated rings. The summed E-state index contributed by atoms with van der Waals surface area (Å²) in [6, 6.07) is -0.0750. The van der Waals surface area contributed by atoms with Gasteiger partial charge in [0.15, 0.2) is 5.78 Å². The molecule has 106 valence electrons. The zero-order valence-corrected chi connectivity index (χ0v) is 11.8. The monoisotopic (exact) mass is 284 g/mol. The average Bonchev–Trinajstić information content (AvgIpc) is 2.38. The van der Waals surface area contributed by atoms with E-state index in [0.717, 1.165) is 32.4 Å². The first-order chi connectivity index (χ1) is 9.06. The second-order valence-electron chi connectivity index (χ2n) is 5.73. The summed E-state index contributed by atoms with van der Waals surface area (Å²) in [7, 11) is -3.25. The predicted octanol–water partition coefficient (Wildman–Crippen LogP) is 0.732. The molecule has 0 aromatic rings. The Morgan fingerprint density at radius 3 is 2.58 bits per heavy atom. The number of fused-ring (bicyclic) bond motifs is 1. The zero-order chi connectivity index (χ0) is 13.5. The minimum atomic E-state index is -3.25.